The summed E-state index contributed by atoms with van der Waals surface area (Å²) in [5.41, 5.74) is 6.79. The van der Waals surface area contributed by atoms with E-state index in [0.717, 1.165) is 19.6 Å². The summed E-state index contributed by atoms with van der Waals surface area (Å²) in [7, 11) is 0. The summed E-state index contributed by atoms with van der Waals surface area (Å²) in [6.07, 6.45) is 1.04. The molecule has 1 heterocycles. The van der Waals surface area contributed by atoms with E-state index in [1.807, 2.05) is 0 Å². The van der Waals surface area contributed by atoms with Crippen LogP contribution < -0.4 is 10.5 Å². The van der Waals surface area contributed by atoms with Gasteiger partial charge in [-0.05, 0) is 25.5 Å². The number of hydrogen-bond donors (Lipinski definition) is 1. The molecule has 1 aromatic rings. The van der Waals surface area contributed by atoms with E-state index in [1.54, 1.807) is 18.2 Å². The van der Waals surface area contributed by atoms with Crippen LogP contribution in [0.4, 0.5) is 5.69 Å². The summed E-state index contributed by atoms with van der Waals surface area (Å²) in [5.74, 6) is 1.14. The van der Waals surface area contributed by atoms with E-state index in [9.17, 15) is 4.79 Å². The van der Waals surface area contributed by atoms with Crippen LogP contribution in [0.15, 0.2) is 18.2 Å². The van der Waals surface area contributed by atoms with Crippen LogP contribution in [-0.2, 0) is 4.74 Å². The van der Waals surface area contributed by atoms with Crippen molar-refractivity contribution in [3.63, 3.8) is 0 Å². The van der Waals surface area contributed by atoms with Crippen molar-refractivity contribution < 1.29 is 14.3 Å². The lowest BCUT2D eigenvalue weighted by Crippen LogP contribution is -2.12. The van der Waals surface area contributed by atoms with Gasteiger partial charge < -0.3 is 15.2 Å². The maximum absolute atomic E-state index is 11.2. The number of benzene rings is 1. The van der Waals surface area contributed by atoms with Crippen molar-refractivity contribution in [3.8, 4) is 5.75 Å². The number of rotatable bonds is 4. The predicted molar refractivity (Wildman–Crippen MR) is 65.3 cm³/mol. The molecule has 1 aliphatic heterocycles. The summed E-state index contributed by atoms with van der Waals surface area (Å²) in [5, 5.41) is 0. The van der Waals surface area contributed by atoms with E-state index in [0.29, 0.717) is 29.5 Å². The average molecular weight is 235 g/mol. The van der Waals surface area contributed by atoms with Crippen LogP contribution in [0.3, 0.4) is 0 Å². The van der Waals surface area contributed by atoms with Crippen LogP contribution in [0.1, 0.15) is 23.7 Å². The molecule has 0 aliphatic carbocycles. The van der Waals surface area contributed by atoms with Gasteiger partial charge in [-0.25, -0.2) is 0 Å². The molecule has 1 fully saturated rings. The largest absolute Gasteiger partial charge is 0.493 e. The summed E-state index contributed by atoms with van der Waals surface area (Å²) in [6, 6.07) is 5.19. The van der Waals surface area contributed by atoms with E-state index >= 15 is 0 Å². The van der Waals surface area contributed by atoms with Gasteiger partial charge in [0, 0.05) is 29.8 Å². The first-order valence-corrected chi connectivity index (χ1v) is 5.78. The minimum atomic E-state index is -0.0294. The Morgan fingerprint density at radius 2 is 2.41 bits per heavy atom. The van der Waals surface area contributed by atoms with Crippen LogP contribution in [-0.4, -0.2) is 25.6 Å². The molecule has 0 saturated carbocycles. The zero-order valence-corrected chi connectivity index (χ0v) is 9.94. The van der Waals surface area contributed by atoms with Gasteiger partial charge in [-0.2, -0.15) is 0 Å². The van der Waals surface area contributed by atoms with Gasteiger partial charge in [0.1, 0.15) is 5.75 Å². The molecule has 17 heavy (non-hydrogen) atoms. The fourth-order valence-electron chi connectivity index (χ4n) is 1.88. The Kier molecular flexibility index (Phi) is 3.64. The van der Waals surface area contributed by atoms with Gasteiger partial charge in [0.25, 0.3) is 0 Å². The molecule has 92 valence electrons. The first kappa shape index (κ1) is 11.9. The van der Waals surface area contributed by atoms with Gasteiger partial charge in [-0.15, -0.1) is 0 Å². The predicted octanol–water partition coefficient (Wildman–Crippen LogP) is 1.89. The number of nitrogens with two attached hydrogens (primary N) is 1. The average Bonchev–Trinajstić information content (AvgIpc) is 2.78. The zero-order valence-electron chi connectivity index (χ0n) is 9.94. The molecule has 4 nitrogen and oxygen atoms in total. The first-order valence-electron chi connectivity index (χ1n) is 5.78. The highest BCUT2D eigenvalue weighted by Crippen LogP contribution is 2.22. The van der Waals surface area contributed by atoms with E-state index in [2.05, 4.69) is 0 Å². The number of hydrogen-bond acceptors (Lipinski definition) is 4. The lowest BCUT2D eigenvalue weighted by atomic mass is 10.1. The number of ether oxygens (including phenoxy) is 2. The second-order valence-electron chi connectivity index (χ2n) is 4.35. The Morgan fingerprint density at radius 1 is 1.59 bits per heavy atom. The third-order valence-corrected chi connectivity index (χ3v) is 2.91. The van der Waals surface area contributed by atoms with E-state index in [1.165, 1.54) is 6.92 Å². The maximum atomic E-state index is 11.2. The lowest BCUT2D eigenvalue weighted by Gasteiger charge is -2.11. The van der Waals surface area contributed by atoms with Crippen molar-refractivity contribution in [2.75, 3.05) is 25.6 Å². The van der Waals surface area contributed by atoms with Crippen molar-refractivity contribution >= 4 is 11.5 Å². The van der Waals surface area contributed by atoms with Gasteiger partial charge in [0.15, 0.2) is 5.78 Å². The SMILES string of the molecule is CC(=O)c1ccc(OCC2CCOC2)cc1N. The number of anilines is 1. The molecule has 4 heteroatoms. The number of ketones is 1. The minimum Gasteiger partial charge on any atom is -0.493 e. The molecule has 0 amide bonds. The standard InChI is InChI=1S/C13H17NO3/c1-9(15)12-3-2-11(6-13(12)14)17-8-10-4-5-16-7-10/h2-3,6,10H,4-5,7-8,14H2,1H3. The molecule has 1 aliphatic rings. The Hall–Kier alpha value is -1.55. The molecule has 2 N–H and O–H groups in total. The Morgan fingerprint density at radius 3 is 3.00 bits per heavy atom. The molecule has 1 unspecified atom stereocenters. The van der Waals surface area contributed by atoms with Crippen molar-refractivity contribution in [1.29, 1.82) is 0 Å². The zero-order chi connectivity index (χ0) is 12.3. The van der Waals surface area contributed by atoms with Gasteiger partial charge in [0.2, 0.25) is 0 Å². The normalized spacial score (nSPS) is 19.2. The highest BCUT2D eigenvalue weighted by molar-refractivity contribution is 5.99. The first-order chi connectivity index (χ1) is 8.16. The summed E-state index contributed by atoms with van der Waals surface area (Å²) in [6.45, 7) is 3.72. The molecule has 1 aromatic carbocycles. The maximum Gasteiger partial charge on any atom is 0.161 e. The molecular weight excluding hydrogens is 218 g/mol. The van der Waals surface area contributed by atoms with E-state index < -0.39 is 0 Å². The lowest BCUT2D eigenvalue weighted by molar-refractivity contribution is 0.101. The molecule has 0 radical (unpaired) electrons. The smallest absolute Gasteiger partial charge is 0.161 e. The fourth-order valence-corrected chi connectivity index (χ4v) is 1.88. The van der Waals surface area contributed by atoms with Crippen LogP contribution in [0.2, 0.25) is 0 Å². The molecular formula is C13H17NO3. The summed E-state index contributed by atoms with van der Waals surface area (Å²) < 4.78 is 10.9. The second-order valence-corrected chi connectivity index (χ2v) is 4.35. The fraction of sp³-hybridized carbons (Fsp3) is 0.462. The Bertz CT molecular complexity index is 411. The van der Waals surface area contributed by atoms with Gasteiger partial charge >= 0.3 is 0 Å². The molecule has 2 rings (SSSR count). The molecule has 1 saturated heterocycles. The third-order valence-electron chi connectivity index (χ3n) is 2.91. The minimum absolute atomic E-state index is 0.0294. The highest BCUT2D eigenvalue weighted by atomic mass is 16.5. The number of nitrogen functional groups attached to an aromatic ring is 1. The number of carbonyl (C=O) groups excluding carboxylic acids is 1. The van der Waals surface area contributed by atoms with Crippen molar-refractivity contribution in [2.24, 2.45) is 5.92 Å². The summed E-state index contributed by atoms with van der Waals surface area (Å²) in [4.78, 5) is 11.2. The molecule has 0 spiro atoms. The van der Waals surface area contributed by atoms with Crippen LogP contribution in [0.5, 0.6) is 5.75 Å². The topological polar surface area (TPSA) is 61.5 Å². The van der Waals surface area contributed by atoms with Crippen molar-refractivity contribution in [2.45, 2.75) is 13.3 Å². The van der Waals surface area contributed by atoms with Gasteiger partial charge in [-0.1, -0.05) is 0 Å². The third kappa shape index (κ3) is 2.97. The molecule has 0 aromatic heterocycles. The Balaban J connectivity index is 1.97. The quantitative estimate of drug-likeness (QED) is 0.639. The van der Waals surface area contributed by atoms with Crippen molar-refractivity contribution in [1.82, 2.24) is 0 Å². The molecule has 0 bridgehead atoms. The molecule has 1 atom stereocenters. The second kappa shape index (κ2) is 5.19. The highest BCUT2D eigenvalue weighted by Gasteiger charge is 2.16. The van der Waals surface area contributed by atoms with Crippen LogP contribution >= 0.6 is 0 Å². The van der Waals surface area contributed by atoms with Crippen LogP contribution in [0, 0.1) is 5.92 Å². The number of carbonyl (C=O) groups is 1. The number of Topliss-reactive ketones (excluding diaryl/α,β-unsaturated/α-hetero) is 1. The van der Waals surface area contributed by atoms with E-state index in [-0.39, 0.29) is 5.78 Å². The van der Waals surface area contributed by atoms with E-state index in [4.69, 9.17) is 15.2 Å². The van der Waals surface area contributed by atoms with Crippen molar-refractivity contribution in [3.05, 3.63) is 23.8 Å². The summed E-state index contributed by atoms with van der Waals surface area (Å²) >= 11 is 0. The Labute approximate surface area is 101 Å². The van der Waals surface area contributed by atoms with Gasteiger partial charge in [-0.3, -0.25) is 4.79 Å². The monoisotopic (exact) mass is 235 g/mol. The van der Waals surface area contributed by atoms with Gasteiger partial charge in [0.05, 0.1) is 13.2 Å². The van der Waals surface area contributed by atoms with Crippen LogP contribution in [0.25, 0.3) is 0 Å².